The van der Waals surface area contributed by atoms with E-state index in [0.717, 1.165) is 23.9 Å². The monoisotopic (exact) mass is 398 g/mol. The summed E-state index contributed by atoms with van der Waals surface area (Å²) in [5.74, 6) is 0.528. The molecule has 3 heterocycles. The highest BCUT2D eigenvalue weighted by Gasteiger charge is 2.15. The van der Waals surface area contributed by atoms with Crippen molar-refractivity contribution in [1.29, 1.82) is 0 Å². The number of carbonyl (C=O) groups is 1. The number of Topliss-reactive ketones (excluding diaryl/α,β-unsaturated/α-hetero) is 1. The van der Waals surface area contributed by atoms with Crippen molar-refractivity contribution in [3.63, 3.8) is 0 Å². The summed E-state index contributed by atoms with van der Waals surface area (Å²) < 4.78 is 0.976. The van der Waals surface area contributed by atoms with Gasteiger partial charge >= 0.3 is 0 Å². The minimum absolute atomic E-state index is 0.132. The fourth-order valence-electron chi connectivity index (χ4n) is 1.93. The van der Waals surface area contributed by atoms with E-state index < -0.39 is 0 Å². The summed E-state index contributed by atoms with van der Waals surface area (Å²) in [4.78, 5) is 23.9. The average Bonchev–Trinajstić information content (AvgIpc) is 3.01. The number of aromatic nitrogens is 2. The standard InChI is InChI=1S/C14H11BrN2OS3/c1-7-8(2)20-14-12(7)13(16-6-17-14)19-5-9(18)10-3-4-11(15)21-10/h3-4,6H,5H2,1-2H3. The van der Waals surface area contributed by atoms with Gasteiger partial charge in [-0.3, -0.25) is 4.79 Å². The Morgan fingerprint density at radius 1 is 1.29 bits per heavy atom. The van der Waals surface area contributed by atoms with E-state index in [-0.39, 0.29) is 5.78 Å². The highest BCUT2D eigenvalue weighted by molar-refractivity contribution is 9.11. The van der Waals surface area contributed by atoms with Gasteiger partial charge < -0.3 is 0 Å². The Labute approximate surface area is 143 Å². The number of carbonyl (C=O) groups excluding carboxylic acids is 1. The molecule has 0 bridgehead atoms. The Hall–Kier alpha value is -0.760. The van der Waals surface area contributed by atoms with Crippen molar-refractivity contribution < 1.29 is 4.79 Å². The normalized spacial score (nSPS) is 11.2. The fourth-order valence-corrected chi connectivity index (χ4v) is 5.34. The third-order valence-electron chi connectivity index (χ3n) is 3.12. The molecule has 3 nitrogen and oxygen atoms in total. The minimum atomic E-state index is 0.132. The fraction of sp³-hybridized carbons (Fsp3) is 0.214. The van der Waals surface area contributed by atoms with Crippen molar-refractivity contribution in [2.75, 3.05) is 5.75 Å². The van der Waals surface area contributed by atoms with Gasteiger partial charge in [-0.2, -0.15) is 0 Å². The minimum Gasteiger partial charge on any atom is -0.292 e. The van der Waals surface area contributed by atoms with Crippen LogP contribution in [0.2, 0.25) is 0 Å². The van der Waals surface area contributed by atoms with Crippen molar-refractivity contribution >= 4 is 66.4 Å². The molecule has 0 aromatic carbocycles. The van der Waals surface area contributed by atoms with Crippen LogP contribution in [0.25, 0.3) is 10.2 Å². The molecule has 0 saturated carbocycles. The maximum atomic E-state index is 12.2. The third kappa shape index (κ3) is 3.06. The van der Waals surface area contributed by atoms with Crippen LogP contribution in [-0.2, 0) is 0 Å². The zero-order valence-corrected chi connectivity index (χ0v) is 15.4. The number of thioether (sulfide) groups is 1. The van der Waals surface area contributed by atoms with Crippen LogP contribution >= 0.6 is 50.4 Å². The maximum absolute atomic E-state index is 12.2. The topological polar surface area (TPSA) is 42.9 Å². The lowest BCUT2D eigenvalue weighted by atomic mass is 10.2. The molecule has 0 saturated heterocycles. The lowest BCUT2D eigenvalue weighted by molar-refractivity contribution is 0.102. The van der Waals surface area contributed by atoms with Crippen LogP contribution in [0, 0.1) is 13.8 Å². The van der Waals surface area contributed by atoms with E-state index >= 15 is 0 Å². The van der Waals surface area contributed by atoms with Gasteiger partial charge in [0.05, 0.1) is 14.4 Å². The number of rotatable bonds is 4. The van der Waals surface area contributed by atoms with Gasteiger partial charge in [-0.05, 0) is 47.5 Å². The van der Waals surface area contributed by atoms with Crippen molar-refractivity contribution in [2.45, 2.75) is 18.9 Å². The Balaban J connectivity index is 1.84. The molecule has 0 aliphatic rings. The first-order chi connectivity index (χ1) is 10.1. The summed E-state index contributed by atoms with van der Waals surface area (Å²) >= 11 is 8.01. The zero-order valence-electron chi connectivity index (χ0n) is 11.3. The molecule has 0 N–H and O–H groups in total. The molecule has 108 valence electrons. The van der Waals surface area contributed by atoms with Crippen LogP contribution in [0.4, 0.5) is 0 Å². The number of hydrogen-bond donors (Lipinski definition) is 0. The third-order valence-corrected chi connectivity index (χ3v) is 6.89. The first-order valence-corrected chi connectivity index (χ1v) is 9.59. The van der Waals surface area contributed by atoms with Crippen LogP contribution in [0.3, 0.4) is 0 Å². The summed E-state index contributed by atoms with van der Waals surface area (Å²) in [5.41, 5.74) is 1.21. The maximum Gasteiger partial charge on any atom is 0.183 e. The molecule has 21 heavy (non-hydrogen) atoms. The Bertz CT molecular complexity index is 825. The second-order valence-corrected chi connectivity index (χ2v) is 9.09. The smallest absolute Gasteiger partial charge is 0.183 e. The highest BCUT2D eigenvalue weighted by Crippen LogP contribution is 2.34. The lowest BCUT2D eigenvalue weighted by Crippen LogP contribution is -2.00. The Morgan fingerprint density at radius 2 is 2.10 bits per heavy atom. The van der Waals surface area contributed by atoms with E-state index in [1.165, 1.54) is 33.5 Å². The van der Waals surface area contributed by atoms with Gasteiger partial charge in [0.2, 0.25) is 0 Å². The van der Waals surface area contributed by atoms with Crippen molar-refractivity contribution in [2.24, 2.45) is 0 Å². The first-order valence-electron chi connectivity index (χ1n) is 6.18. The van der Waals surface area contributed by atoms with Crippen LogP contribution in [-0.4, -0.2) is 21.5 Å². The second kappa shape index (κ2) is 6.16. The molecule has 3 aromatic heterocycles. The first kappa shape index (κ1) is 15.1. The second-order valence-electron chi connectivity index (χ2n) is 4.46. The molecule has 0 aliphatic carbocycles. The van der Waals surface area contributed by atoms with E-state index in [2.05, 4.69) is 39.7 Å². The van der Waals surface area contributed by atoms with Crippen LogP contribution in [0.15, 0.2) is 27.3 Å². The van der Waals surface area contributed by atoms with Gasteiger partial charge in [0.1, 0.15) is 16.2 Å². The van der Waals surface area contributed by atoms with E-state index in [4.69, 9.17) is 0 Å². The van der Waals surface area contributed by atoms with Gasteiger partial charge in [-0.1, -0.05) is 11.8 Å². The summed E-state index contributed by atoms with van der Waals surface area (Å²) in [7, 11) is 0. The van der Waals surface area contributed by atoms with Gasteiger partial charge in [0.25, 0.3) is 0 Å². The number of halogens is 1. The van der Waals surface area contributed by atoms with Crippen molar-refractivity contribution in [1.82, 2.24) is 9.97 Å². The molecule has 7 heteroatoms. The summed E-state index contributed by atoms with van der Waals surface area (Å²) in [6.45, 7) is 4.17. The van der Waals surface area contributed by atoms with Crippen molar-refractivity contribution in [3.8, 4) is 0 Å². The van der Waals surface area contributed by atoms with Gasteiger partial charge in [0, 0.05) is 10.3 Å². The van der Waals surface area contributed by atoms with E-state index in [1.54, 1.807) is 17.7 Å². The average molecular weight is 399 g/mol. The summed E-state index contributed by atoms with van der Waals surface area (Å²) in [6.07, 6.45) is 1.58. The van der Waals surface area contributed by atoms with E-state index in [1.807, 2.05) is 12.1 Å². The molecule has 0 fully saturated rings. The number of hydrogen-bond acceptors (Lipinski definition) is 6. The Morgan fingerprint density at radius 3 is 2.81 bits per heavy atom. The van der Waals surface area contributed by atoms with Crippen molar-refractivity contribution in [3.05, 3.63) is 37.6 Å². The Kier molecular flexibility index (Phi) is 4.44. The quantitative estimate of drug-likeness (QED) is 0.348. The zero-order chi connectivity index (χ0) is 15.0. The SMILES string of the molecule is Cc1sc2ncnc(SCC(=O)c3ccc(Br)s3)c2c1C. The van der Waals surface area contributed by atoms with Gasteiger partial charge in [-0.25, -0.2) is 9.97 Å². The van der Waals surface area contributed by atoms with Crippen LogP contribution in [0.1, 0.15) is 20.1 Å². The predicted molar refractivity (Wildman–Crippen MR) is 94.0 cm³/mol. The number of fused-ring (bicyclic) bond motifs is 1. The van der Waals surface area contributed by atoms with Crippen LogP contribution < -0.4 is 0 Å². The lowest BCUT2D eigenvalue weighted by Gasteiger charge is -2.02. The number of ketones is 1. The molecular weight excluding hydrogens is 388 g/mol. The summed E-state index contributed by atoms with van der Waals surface area (Å²) in [5, 5.41) is 1.98. The molecule has 0 spiro atoms. The van der Waals surface area contributed by atoms with Gasteiger partial charge in [0.15, 0.2) is 5.78 Å². The molecule has 3 aromatic rings. The predicted octanol–water partition coefficient (Wildman–Crippen LogP) is 5.11. The van der Waals surface area contributed by atoms with E-state index in [9.17, 15) is 4.79 Å². The number of nitrogens with zero attached hydrogens (tertiary/aromatic N) is 2. The largest absolute Gasteiger partial charge is 0.292 e. The molecule has 0 unspecified atom stereocenters. The van der Waals surface area contributed by atoms with Gasteiger partial charge in [-0.15, -0.1) is 22.7 Å². The number of thiophene rings is 2. The molecule has 0 aliphatic heterocycles. The summed E-state index contributed by atoms with van der Waals surface area (Å²) in [6, 6.07) is 3.76. The molecule has 0 amide bonds. The van der Waals surface area contributed by atoms with E-state index in [0.29, 0.717) is 5.75 Å². The molecular formula is C14H11BrN2OS3. The number of aryl methyl sites for hydroxylation is 2. The molecule has 0 atom stereocenters. The highest BCUT2D eigenvalue weighted by atomic mass is 79.9. The molecule has 0 radical (unpaired) electrons. The van der Waals surface area contributed by atoms with Crippen LogP contribution in [0.5, 0.6) is 0 Å². The molecule has 3 rings (SSSR count).